The molecule has 38 heavy (non-hydrogen) atoms. The lowest BCUT2D eigenvalue weighted by molar-refractivity contribution is 0.0953. The molecule has 0 unspecified atom stereocenters. The topological polar surface area (TPSA) is 120 Å². The first-order valence-corrected chi connectivity index (χ1v) is 12.4. The van der Waals surface area contributed by atoms with Crippen molar-refractivity contribution < 1.29 is 19.7 Å². The minimum absolute atomic E-state index is 0.127. The summed E-state index contributed by atoms with van der Waals surface area (Å²) in [6.07, 6.45) is 14.4. The highest BCUT2D eigenvalue weighted by Crippen LogP contribution is 2.15. The molecule has 0 bridgehead atoms. The van der Waals surface area contributed by atoms with Gasteiger partial charge in [-0.1, -0.05) is 17.7 Å². The lowest BCUT2D eigenvalue weighted by Gasteiger charge is -2.04. The number of ether oxygens (including phenoxy) is 1. The lowest BCUT2D eigenvalue weighted by atomic mass is 10.2. The average molecular weight is 523 g/mol. The normalized spacial score (nSPS) is 9.87. The summed E-state index contributed by atoms with van der Waals surface area (Å²) in [5.74, 6) is 3.00. The molecule has 0 fully saturated rings. The molecule has 0 spiro atoms. The number of hydrogen-bond donors (Lipinski definition) is 4. The van der Waals surface area contributed by atoms with Crippen molar-refractivity contribution in [3.05, 3.63) is 83.7 Å². The van der Waals surface area contributed by atoms with E-state index in [1.54, 1.807) is 57.8 Å². The molecule has 3 rings (SSSR count). The van der Waals surface area contributed by atoms with Crippen LogP contribution in [0.5, 0.6) is 0 Å². The zero-order valence-corrected chi connectivity index (χ0v) is 23.2. The Kier molecular flexibility index (Phi) is 20.0. The maximum Gasteiger partial charge on any atom is 0.251 e. The maximum absolute atomic E-state index is 12.2. The van der Waals surface area contributed by atoms with Gasteiger partial charge in [-0.05, 0) is 76.4 Å². The molecular formula is C30H42N4O4. The fourth-order valence-electron chi connectivity index (χ4n) is 2.81. The van der Waals surface area contributed by atoms with E-state index in [1.165, 1.54) is 0 Å². The Morgan fingerprint density at radius 3 is 2.32 bits per heavy atom. The van der Waals surface area contributed by atoms with Gasteiger partial charge in [-0.25, -0.2) is 4.98 Å². The number of rotatable bonds is 9. The number of carbonyl (C=O) groups is 1. The van der Waals surface area contributed by atoms with Gasteiger partial charge in [0.1, 0.15) is 5.82 Å². The molecule has 2 aromatic heterocycles. The van der Waals surface area contributed by atoms with E-state index in [9.17, 15) is 9.90 Å². The number of benzene rings is 1. The van der Waals surface area contributed by atoms with Crippen LogP contribution in [0.1, 0.15) is 56.2 Å². The van der Waals surface area contributed by atoms with E-state index in [1.807, 2.05) is 38.1 Å². The molecular weight excluding hydrogens is 480 g/mol. The van der Waals surface area contributed by atoms with Gasteiger partial charge in [0.25, 0.3) is 5.91 Å². The molecule has 0 aliphatic rings. The van der Waals surface area contributed by atoms with E-state index in [4.69, 9.17) is 5.11 Å². The second kappa shape index (κ2) is 22.3. The van der Waals surface area contributed by atoms with Crippen molar-refractivity contribution in [1.29, 1.82) is 0 Å². The first kappa shape index (κ1) is 34.1. The number of methoxy groups -OCH3 is 1. The van der Waals surface area contributed by atoms with Crippen molar-refractivity contribution in [3.8, 4) is 12.3 Å². The molecule has 0 saturated carbocycles. The summed E-state index contributed by atoms with van der Waals surface area (Å²) in [6, 6.07) is 11.0. The average Bonchev–Trinajstić information content (AvgIpc) is 3.31. The summed E-state index contributed by atoms with van der Waals surface area (Å²) < 4.78 is 4.25. The smallest absolute Gasteiger partial charge is 0.251 e. The number of H-pyrrole nitrogens is 1. The minimum atomic E-state index is -0.127. The highest BCUT2D eigenvalue weighted by atomic mass is 16.4. The Bertz CT molecular complexity index is 1100. The van der Waals surface area contributed by atoms with Crippen molar-refractivity contribution in [2.75, 3.05) is 27.4 Å². The minimum Gasteiger partial charge on any atom is -0.512 e. The molecule has 3 aromatic rings. The number of carbonyl (C=O) groups excluding carboxylic acids is 1. The number of terminal acetylenes is 1. The molecule has 1 amide bonds. The first-order valence-electron chi connectivity index (χ1n) is 12.4. The SMILES string of the molecule is C#CC.CC(C)=C/C=C(/O)Cc1nc2ccc(C(=O)NCCCCCO)cc2[nH]1.COC.c1ccncc1. The number of nitrogens with zero attached hydrogens (tertiary/aromatic N) is 2. The summed E-state index contributed by atoms with van der Waals surface area (Å²) in [4.78, 5) is 23.6. The van der Waals surface area contributed by atoms with Crippen molar-refractivity contribution in [2.24, 2.45) is 0 Å². The first-order chi connectivity index (χ1) is 18.3. The summed E-state index contributed by atoms with van der Waals surface area (Å²) in [7, 11) is 3.25. The van der Waals surface area contributed by atoms with Crippen molar-refractivity contribution in [2.45, 2.75) is 46.5 Å². The van der Waals surface area contributed by atoms with Crippen LogP contribution in [-0.4, -0.2) is 58.4 Å². The second-order valence-electron chi connectivity index (χ2n) is 8.26. The molecule has 0 aliphatic carbocycles. The van der Waals surface area contributed by atoms with Gasteiger partial charge in [0.05, 0.1) is 23.2 Å². The fraction of sp³-hybridized carbons (Fsp3) is 0.367. The molecule has 0 radical (unpaired) electrons. The van der Waals surface area contributed by atoms with Crippen LogP contribution in [0, 0.1) is 12.3 Å². The number of aromatic nitrogens is 3. The van der Waals surface area contributed by atoms with Crippen molar-refractivity contribution in [1.82, 2.24) is 20.3 Å². The molecule has 0 atom stereocenters. The van der Waals surface area contributed by atoms with E-state index in [-0.39, 0.29) is 18.3 Å². The van der Waals surface area contributed by atoms with Gasteiger partial charge in [-0.3, -0.25) is 9.78 Å². The van der Waals surface area contributed by atoms with E-state index < -0.39 is 0 Å². The zero-order valence-electron chi connectivity index (χ0n) is 23.2. The van der Waals surface area contributed by atoms with Crippen molar-refractivity contribution in [3.63, 3.8) is 0 Å². The fourth-order valence-corrected chi connectivity index (χ4v) is 2.81. The maximum atomic E-state index is 12.2. The number of amides is 1. The van der Waals surface area contributed by atoms with E-state index in [2.05, 4.69) is 37.3 Å². The number of imidazole rings is 1. The number of allylic oxidation sites excluding steroid dienone is 4. The van der Waals surface area contributed by atoms with E-state index >= 15 is 0 Å². The third-order valence-electron chi connectivity index (χ3n) is 4.44. The molecule has 8 nitrogen and oxygen atoms in total. The number of nitrogens with one attached hydrogen (secondary N) is 2. The lowest BCUT2D eigenvalue weighted by Crippen LogP contribution is -2.24. The number of unbranched alkanes of at least 4 members (excludes halogenated alkanes) is 2. The number of hydrogen-bond acceptors (Lipinski definition) is 6. The molecule has 1 aromatic carbocycles. The number of aromatic amines is 1. The quantitative estimate of drug-likeness (QED) is 0.129. The Morgan fingerprint density at radius 1 is 1.13 bits per heavy atom. The number of pyridine rings is 1. The van der Waals surface area contributed by atoms with Gasteiger partial charge >= 0.3 is 0 Å². The summed E-state index contributed by atoms with van der Waals surface area (Å²) in [5, 5.41) is 21.6. The van der Waals surface area contributed by atoms with Gasteiger partial charge in [0.15, 0.2) is 0 Å². The highest BCUT2D eigenvalue weighted by Gasteiger charge is 2.09. The highest BCUT2D eigenvalue weighted by molar-refractivity contribution is 5.97. The summed E-state index contributed by atoms with van der Waals surface area (Å²) >= 11 is 0. The van der Waals surface area contributed by atoms with Crippen LogP contribution in [-0.2, 0) is 11.2 Å². The Hall–Kier alpha value is -3.93. The van der Waals surface area contributed by atoms with Gasteiger partial charge < -0.3 is 25.3 Å². The predicted molar refractivity (Wildman–Crippen MR) is 155 cm³/mol. The summed E-state index contributed by atoms with van der Waals surface area (Å²) in [5.41, 5.74) is 3.20. The van der Waals surface area contributed by atoms with Crippen LogP contribution >= 0.6 is 0 Å². The van der Waals surface area contributed by atoms with Gasteiger partial charge in [-0.2, -0.15) is 0 Å². The van der Waals surface area contributed by atoms with Gasteiger partial charge in [0, 0.05) is 45.3 Å². The standard InChI is InChI=1S/C20H27N3O3.C5H5N.C3H4.C2H6O/c1-14(2)6-8-16(25)13-19-22-17-9-7-15(12-18(17)23-19)20(26)21-10-4-3-5-11-24;1-2-4-6-5-3-1;2*1-3-2/h6-9,12,24-25H,3-5,10-11,13H2,1-2H3,(H,21,26)(H,22,23);1-5H;1H,2H3;1-2H3/b16-8+;;;. The Morgan fingerprint density at radius 2 is 1.79 bits per heavy atom. The molecule has 0 saturated heterocycles. The molecule has 206 valence electrons. The third kappa shape index (κ3) is 16.7. The van der Waals surface area contributed by atoms with Crippen LogP contribution in [0.3, 0.4) is 0 Å². The Labute approximate surface area is 226 Å². The van der Waals surface area contributed by atoms with Gasteiger partial charge in [0.2, 0.25) is 0 Å². The van der Waals surface area contributed by atoms with E-state index in [0.29, 0.717) is 24.4 Å². The Balaban J connectivity index is 0.000000944. The number of fused-ring (bicyclic) bond motifs is 1. The number of aliphatic hydroxyl groups is 2. The van der Waals surface area contributed by atoms with E-state index in [0.717, 1.165) is 35.9 Å². The molecule has 8 heteroatoms. The monoisotopic (exact) mass is 522 g/mol. The molecule has 0 aliphatic heterocycles. The van der Waals surface area contributed by atoms with Crippen LogP contribution in [0.15, 0.2) is 72.3 Å². The third-order valence-corrected chi connectivity index (χ3v) is 4.44. The largest absolute Gasteiger partial charge is 0.512 e. The zero-order chi connectivity index (χ0) is 28.6. The number of aliphatic hydroxyl groups excluding tert-OH is 2. The van der Waals surface area contributed by atoms with Crippen LogP contribution in [0.2, 0.25) is 0 Å². The predicted octanol–water partition coefficient (Wildman–Crippen LogP) is 5.39. The second-order valence-corrected chi connectivity index (χ2v) is 8.26. The van der Waals surface area contributed by atoms with Crippen LogP contribution < -0.4 is 5.32 Å². The summed E-state index contributed by atoms with van der Waals surface area (Å²) in [6.45, 7) is 6.36. The van der Waals surface area contributed by atoms with Gasteiger partial charge in [-0.15, -0.1) is 12.3 Å². The molecule has 2 heterocycles. The van der Waals surface area contributed by atoms with Crippen LogP contribution in [0.4, 0.5) is 0 Å². The van der Waals surface area contributed by atoms with Crippen LogP contribution in [0.25, 0.3) is 11.0 Å². The van der Waals surface area contributed by atoms with Crippen molar-refractivity contribution >= 4 is 16.9 Å². The molecule has 4 N–H and O–H groups in total.